The van der Waals surface area contributed by atoms with Crippen molar-refractivity contribution in [3.05, 3.63) is 77.2 Å². The number of alkyl halides is 1. The Morgan fingerprint density at radius 2 is 1.98 bits per heavy atom. The van der Waals surface area contributed by atoms with E-state index in [2.05, 4.69) is 20.3 Å². The Morgan fingerprint density at radius 1 is 1.12 bits per heavy atom. The highest BCUT2D eigenvalue weighted by atomic mass is 32.2. The number of nitrogens with zero attached hydrogens (tertiary/aromatic N) is 4. The quantitative estimate of drug-likeness (QED) is 0.393. The molecule has 1 amide bonds. The summed E-state index contributed by atoms with van der Waals surface area (Å²) in [5, 5.41) is 3.30. The van der Waals surface area contributed by atoms with Crippen molar-refractivity contribution in [2.24, 2.45) is 0 Å². The lowest BCUT2D eigenvalue weighted by atomic mass is 10.1. The molecule has 3 aromatic heterocycles. The fraction of sp³-hybridized carbons (Fsp3) is 0.231. The monoisotopic (exact) mass is 571 g/mol. The Balaban J connectivity index is 1.24. The minimum atomic E-state index is -4.53. The van der Waals surface area contributed by atoms with E-state index in [1.165, 1.54) is 6.07 Å². The van der Waals surface area contributed by atoms with Crippen LogP contribution in [0, 0.1) is 11.6 Å². The molecular weight excluding hydrogens is 551 g/mol. The summed E-state index contributed by atoms with van der Waals surface area (Å²) >= 11 is 0. The molecule has 0 spiro atoms. The van der Waals surface area contributed by atoms with Crippen molar-refractivity contribution >= 4 is 38.3 Å². The number of amides is 1. The number of hydrogen-bond acceptors (Lipinski definition) is 9. The molecule has 4 aromatic rings. The number of sulfone groups is 1. The van der Waals surface area contributed by atoms with Crippen LogP contribution in [-0.2, 0) is 27.7 Å². The third-order valence-corrected chi connectivity index (χ3v) is 8.29. The first kappa shape index (κ1) is 26.0. The summed E-state index contributed by atoms with van der Waals surface area (Å²) in [6.45, 7) is -0.478. The minimum absolute atomic E-state index is 0.0811. The van der Waals surface area contributed by atoms with Crippen LogP contribution in [0.15, 0.2) is 53.7 Å². The zero-order chi connectivity index (χ0) is 28.0. The van der Waals surface area contributed by atoms with Gasteiger partial charge in [-0.2, -0.15) is 0 Å². The molecule has 0 unspecified atom stereocenters. The molecule has 0 saturated carbocycles. The molecule has 1 aromatic carbocycles. The van der Waals surface area contributed by atoms with Gasteiger partial charge in [0.1, 0.15) is 24.1 Å². The summed E-state index contributed by atoms with van der Waals surface area (Å²) in [6.07, 6.45) is 2.67. The number of halogens is 3. The molecule has 2 aliphatic heterocycles. The van der Waals surface area contributed by atoms with Crippen LogP contribution in [0.1, 0.15) is 21.6 Å². The van der Waals surface area contributed by atoms with Crippen LogP contribution in [0.3, 0.4) is 0 Å². The van der Waals surface area contributed by atoms with Crippen molar-refractivity contribution in [1.82, 2.24) is 20.3 Å². The molecule has 14 heteroatoms. The van der Waals surface area contributed by atoms with Gasteiger partial charge in [-0.3, -0.25) is 9.78 Å². The average Bonchev–Trinajstić information content (AvgIpc) is 3.06. The SMILES string of the molecule is O=C(NCc1cc2nc(N3CCOc4cc(F)cnc43)ccc2cn1)c1cc(F)c2c(c1)S(=O)(=O)[C@@H](F)COC2. The third-order valence-electron chi connectivity index (χ3n) is 6.51. The van der Waals surface area contributed by atoms with E-state index in [-0.39, 0.29) is 17.7 Å². The van der Waals surface area contributed by atoms with Crippen molar-refractivity contribution in [1.29, 1.82) is 0 Å². The van der Waals surface area contributed by atoms with Crippen LogP contribution in [0.25, 0.3) is 10.9 Å². The van der Waals surface area contributed by atoms with Gasteiger partial charge in [0.2, 0.25) is 15.3 Å². The summed E-state index contributed by atoms with van der Waals surface area (Å²) in [4.78, 5) is 27.1. The number of carbonyl (C=O) groups is 1. The predicted molar refractivity (Wildman–Crippen MR) is 136 cm³/mol. The molecule has 0 saturated heterocycles. The molecular formula is C26H20F3N5O5S. The standard InChI is InChI=1S/C26H20F3N5O5S/c27-16-7-21-25(31-10-16)34(3-4-39-21)24-2-1-14-9-30-17(8-20(14)33-24)11-32-26(35)15-5-19(28)18-12-38-13-23(29)40(36,37)22(18)6-15/h1-2,5-10,23H,3-4,11-13H2,(H,32,35)/t23-/m1/s1. The number of nitrogens with one attached hydrogen (secondary N) is 1. The molecule has 10 nitrogen and oxygen atoms in total. The number of rotatable bonds is 4. The Morgan fingerprint density at radius 3 is 2.83 bits per heavy atom. The minimum Gasteiger partial charge on any atom is -0.488 e. The van der Waals surface area contributed by atoms with E-state index in [0.29, 0.717) is 41.7 Å². The molecule has 1 N–H and O–H groups in total. The second kappa shape index (κ2) is 10.0. The molecule has 2 aliphatic rings. The van der Waals surface area contributed by atoms with E-state index >= 15 is 0 Å². The summed E-state index contributed by atoms with van der Waals surface area (Å²) in [6, 6.07) is 8.34. The topological polar surface area (TPSA) is 124 Å². The van der Waals surface area contributed by atoms with Gasteiger partial charge in [-0.15, -0.1) is 0 Å². The van der Waals surface area contributed by atoms with Gasteiger partial charge in [0.25, 0.3) is 5.91 Å². The van der Waals surface area contributed by atoms with Crippen LogP contribution < -0.4 is 15.0 Å². The van der Waals surface area contributed by atoms with Crippen molar-refractivity contribution < 1.29 is 35.9 Å². The number of anilines is 2. The zero-order valence-electron chi connectivity index (χ0n) is 20.6. The number of fused-ring (bicyclic) bond motifs is 3. The Bertz CT molecular complexity index is 1770. The molecule has 40 heavy (non-hydrogen) atoms. The summed E-state index contributed by atoms with van der Waals surface area (Å²) < 4.78 is 77.8. The third kappa shape index (κ3) is 4.69. The second-order valence-corrected chi connectivity index (χ2v) is 11.1. The van der Waals surface area contributed by atoms with Gasteiger partial charge in [0.05, 0.1) is 48.6 Å². The molecule has 0 aliphatic carbocycles. The largest absolute Gasteiger partial charge is 0.488 e. The molecule has 6 rings (SSSR count). The van der Waals surface area contributed by atoms with Gasteiger partial charge in [-0.1, -0.05) is 0 Å². The maximum atomic E-state index is 14.7. The predicted octanol–water partition coefficient (Wildman–Crippen LogP) is 3.36. The lowest BCUT2D eigenvalue weighted by Crippen LogP contribution is -2.30. The van der Waals surface area contributed by atoms with Crippen LogP contribution in [0.4, 0.5) is 24.8 Å². The molecule has 206 valence electrons. The number of aromatic nitrogens is 3. The Hall–Kier alpha value is -4.30. The van der Waals surface area contributed by atoms with Crippen LogP contribution >= 0.6 is 0 Å². The van der Waals surface area contributed by atoms with Crippen molar-refractivity contribution in [3.8, 4) is 5.75 Å². The maximum Gasteiger partial charge on any atom is 0.251 e. The van der Waals surface area contributed by atoms with Gasteiger partial charge in [0.15, 0.2) is 11.6 Å². The van der Waals surface area contributed by atoms with E-state index < -0.39 is 51.0 Å². The van der Waals surface area contributed by atoms with Crippen LogP contribution in [0.2, 0.25) is 0 Å². The van der Waals surface area contributed by atoms with E-state index in [9.17, 15) is 26.4 Å². The second-order valence-electron chi connectivity index (χ2n) is 9.10. The first-order chi connectivity index (χ1) is 19.2. The number of hydrogen-bond donors (Lipinski definition) is 1. The highest BCUT2D eigenvalue weighted by Gasteiger charge is 2.35. The smallest absolute Gasteiger partial charge is 0.251 e. The number of pyridine rings is 3. The number of ether oxygens (including phenoxy) is 2. The molecule has 1 atom stereocenters. The molecule has 0 radical (unpaired) electrons. The maximum absolute atomic E-state index is 14.7. The van der Waals surface area contributed by atoms with Gasteiger partial charge < -0.3 is 19.7 Å². The van der Waals surface area contributed by atoms with E-state index in [1.54, 1.807) is 23.2 Å². The van der Waals surface area contributed by atoms with Crippen molar-refractivity contribution in [2.45, 2.75) is 23.6 Å². The number of benzene rings is 1. The average molecular weight is 572 g/mol. The van der Waals surface area contributed by atoms with E-state index in [4.69, 9.17) is 9.47 Å². The van der Waals surface area contributed by atoms with Gasteiger partial charge in [-0.25, -0.2) is 31.6 Å². The van der Waals surface area contributed by atoms with Gasteiger partial charge in [-0.05, 0) is 30.3 Å². The van der Waals surface area contributed by atoms with E-state index in [1.807, 2.05) is 6.07 Å². The van der Waals surface area contributed by atoms with Crippen LogP contribution in [0.5, 0.6) is 5.75 Å². The molecule has 0 bridgehead atoms. The van der Waals surface area contributed by atoms with Crippen molar-refractivity contribution in [2.75, 3.05) is 24.7 Å². The summed E-state index contributed by atoms with van der Waals surface area (Å²) in [5.74, 6) is -0.980. The Kier molecular flexibility index (Phi) is 6.50. The zero-order valence-corrected chi connectivity index (χ0v) is 21.4. The number of carbonyl (C=O) groups excluding carboxylic acids is 1. The van der Waals surface area contributed by atoms with Crippen molar-refractivity contribution in [3.63, 3.8) is 0 Å². The highest BCUT2D eigenvalue weighted by Crippen LogP contribution is 2.35. The van der Waals surface area contributed by atoms with E-state index in [0.717, 1.165) is 23.7 Å². The first-order valence-electron chi connectivity index (χ1n) is 12.1. The summed E-state index contributed by atoms with van der Waals surface area (Å²) in [7, 11) is -4.53. The Labute approximate surface area is 225 Å². The fourth-order valence-corrected chi connectivity index (χ4v) is 5.82. The van der Waals surface area contributed by atoms with Gasteiger partial charge in [0, 0.05) is 28.8 Å². The fourth-order valence-electron chi connectivity index (χ4n) is 4.48. The van der Waals surface area contributed by atoms with Gasteiger partial charge >= 0.3 is 0 Å². The lowest BCUT2D eigenvalue weighted by Gasteiger charge is -2.29. The van der Waals surface area contributed by atoms with Crippen LogP contribution in [-0.4, -0.2) is 54.5 Å². The first-order valence-corrected chi connectivity index (χ1v) is 13.6. The summed E-state index contributed by atoms with van der Waals surface area (Å²) in [5.41, 5.74) is -1.99. The molecule has 0 fully saturated rings. The normalized spacial score (nSPS) is 17.9. The highest BCUT2D eigenvalue weighted by molar-refractivity contribution is 7.92. The lowest BCUT2D eigenvalue weighted by molar-refractivity contribution is 0.0938. The molecule has 5 heterocycles.